The molecule has 0 aliphatic rings. The van der Waals surface area contributed by atoms with Crippen LogP contribution in [0.25, 0.3) is 121 Å². The Bertz CT molecular complexity index is 3450. The molecule has 268 valence electrons. The summed E-state index contributed by atoms with van der Waals surface area (Å²) < 4.78 is 0. The van der Waals surface area contributed by atoms with E-state index < -0.39 is 0 Å². The van der Waals surface area contributed by atoms with Gasteiger partial charge < -0.3 is 0 Å². The largest absolute Gasteiger partial charge is 0.228 e. The third-order valence-corrected chi connectivity index (χ3v) is 12.0. The summed E-state index contributed by atoms with van der Waals surface area (Å²) in [5.74, 6) is 0.720. The summed E-state index contributed by atoms with van der Waals surface area (Å²) in [5, 5.41) is 15.6. The fourth-order valence-corrected chi connectivity index (χ4v) is 9.21. The van der Waals surface area contributed by atoms with Crippen molar-refractivity contribution in [3.8, 4) is 56.2 Å². The fraction of sp³-hybridized carbons (Fsp3) is 0. The monoisotopic (exact) mass is 734 g/mol. The van der Waals surface area contributed by atoms with Crippen molar-refractivity contribution < 1.29 is 0 Å². The first kappa shape index (κ1) is 32.6. The van der Waals surface area contributed by atoms with Gasteiger partial charge in [-0.2, -0.15) is 0 Å². The smallest absolute Gasteiger partial charge is 0.160 e. The van der Waals surface area contributed by atoms with Crippen molar-refractivity contribution in [2.45, 2.75) is 0 Å². The normalized spacial score (nSPS) is 11.8. The quantitative estimate of drug-likeness (QED) is 0.165. The first-order valence-corrected chi connectivity index (χ1v) is 19.9. The lowest BCUT2D eigenvalue weighted by Crippen LogP contribution is -1.95. The van der Waals surface area contributed by atoms with E-state index in [9.17, 15) is 0 Å². The lowest BCUT2D eigenvalue weighted by Gasteiger charge is -2.17. The molecule has 0 atom stereocenters. The van der Waals surface area contributed by atoms with Crippen LogP contribution in [0.3, 0.4) is 0 Å². The predicted molar refractivity (Wildman–Crippen MR) is 245 cm³/mol. The van der Waals surface area contributed by atoms with Crippen LogP contribution in [0, 0.1) is 0 Å². The molecule has 58 heavy (non-hydrogen) atoms. The molecule has 2 nitrogen and oxygen atoms in total. The van der Waals surface area contributed by atoms with Crippen LogP contribution in [0.15, 0.2) is 206 Å². The third-order valence-electron chi connectivity index (χ3n) is 12.0. The summed E-state index contributed by atoms with van der Waals surface area (Å²) in [6, 6.07) is 74.7. The van der Waals surface area contributed by atoms with Gasteiger partial charge in [-0.3, -0.25) is 0 Å². The summed E-state index contributed by atoms with van der Waals surface area (Å²) >= 11 is 0. The van der Waals surface area contributed by atoms with E-state index in [0.29, 0.717) is 0 Å². The van der Waals surface area contributed by atoms with Crippen LogP contribution >= 0.6 is 0 Å². The van der Waals surface area contributed by atoms with Gasteiger partial charge in [0.15, 0.2) is 5.82 Å². The number of nitrogens with zero attached hydrogens (tertiary/aromatic N) is 2. The molecule has 0 bridgehead atoms. The second-order valence-corrected chi connectivity index (χ2v) is 15.3. The molecule has 2 heteroatoms. The minimum Gasteiger partial charge on any atom is -0.228 e. The first-order chi connectivity index (χ1) is 28.7. The van der Waals surface area contributed by atoms with Crippen molar-refractivity contribution in [1.82, 2.24) is 9.97 Å². The van der Waals surface area contributed by atoms with Crippen molar-refractivity contribution in [2.75, 3.05) is 0 Å². The molecule has 0 aliphatic heterocycles. The molecular weight excluding hydrogens is 701 g/mol. The summed E-state index contributed by atoms with van der Waals surface area (Å²) in [4.78, 5) is 10.0. The molecule has 0 spiro atoms. The van der Waals surface area contributed by atoms with Gasteiger partial charge in [0.05, 0.1) is 11.4 Å². The van der Waals surface area contributed by atoms with Crippen LogP contribution in [-0.2, 0) is 0 Å². The minimum absolute atomic E-state index is 0.720. The second-order valence-electron chi connectivity index (χ2n) is 15.3. The summed E-state index contributed by atoms with van der Waals surface area (Å²) in [6.45, 7) is 0. The molecule has 0 N–H and O–H groups in total. The highest BCUT2D eigenvalue weighted by molar-refractivity contribution is 6.37. The van der Waals surface area contributed by atoms with Crippen LogP contribution in [0.2, 0.25) is 0 Å². The number of rotatable bonds is 5. The molecule has 12 aromatic rings. The van der Waals surface area contributed by atoms with Gasteiger partial charge in [0.2, 0.25) is 0 Å². The van der Waals surface area contributed by atoms with E-state index in [1.165, 1.54) is 81.3 Å². The van der Waals surface area contributed by atoms with E-state index in [1.54, 1.807) is 0 Å². The van der Waals surface area contributed by atoms with Gasteiger partial charge in [-0.15, -0.1) is 0 Å². The molecule has 0 aliphatic carbocycles. The van der Waals surface area contributed by atoms with E-state index >= 15 is 0 Å². The standard InChI is InChI=1S/C56H34N2/c1-3-10-38(11-4-1)50-34-51(58-56(57-50)43-12-5-2-6-13-43)39-26-24-36(25-27-39)35-20-22-37(23-21-35)45-32-44-31-30-42-15-8-18-47-46-17-7-14-40-28-29-41-16-9-19-48(54(41)52(40)46)49(33-45)55(44)53(42)47/h1-34H. The first-order valence-electron chi connectivity index (χ1n) is 19.9. The Morgan fingerprint density at radius 3 is 1.14 bits per heavy atom. The Kier molecular flexibility index (Phi) is 7.26. The molecule has 0 saturated carbocycles. The molecule has 0 radical (unpaired) electrons. The highest BCUT2D eigenvalue weighted by atomic mass is 14.9. The third kappa shape index (κ3) is 5.19. The topological polar surface area (TPSA) is 25.8 Å². The number of aromatic nitrogens is 2. The van der Waals surface area contributed by atoms with Gasteiger partial charge in [0.25, 0.3) is 0 Å². The Balaban J connectivity index is 0.966. The molecule has 0 amide bonds. The van der Waals surface area contributed by atoms with Gasteiger partial charge >= 0.3 is 0 Å². The highest BCUT2D eigenvalue weighted by Crippen LogP contribution is 2.44. The maximum absolute atomic E-state index is 5.04. The maximum atomic E-state index is 5.04. The summed E-state index contributed by atoms with van der Waals surface area (Å²) in [7, 11) is 0. The van der Waals surface area contributed by atoms with Crippen LogP contribution in [0.1, 0.15) is 0 Å². The van der Waals surface area contributed by atoms with Crippen molar-refractivity contribution in [3.63, 3.8) is 0 Å². The molecule has 12 rings (SSSR count). The zero-order valence-corrected chi connectivity index (χ0v) is 31.5. The number of hydrogen-bond donors (Lipinski definition) is 0. The maximum Gasteiger partial charge on any atom is 0.160 e. The average Bonchev–Trinajstić information content (AvgIpc) is 3.30. The van der Waals surface area contributed by atoms with Crippen molar-refractivity contribution in [2.24, 2.45) is 0 Å². The Morgan fingerprint density at radius 2 is 0.621 bits per heavy atom. The second kappa shape index (κ2) is 12.9. The van der Waals surface area contributed by atoms with E-state index in [4.69, 9.17) is 9.97 Å². The molecule has 0 fully saturated rings. The molecule has 11 aromatic carbocycles. The lowest BCUT2D eigenvalue weighted by atomic mass is 9.86. The zero-order chi connectivity index (χ0) is 38.2. The Morgan fingerprint density at radius 1 is 0.224 bits per heavy atom. The van der Waals surface area contributed by atoms with Crippen molar-refractivity contribution >= 4 is 64.6 Å². The molecule has 1 heterocycles. The van der Waals surface area contributed by atoms with Crippen LogP contribution in [-0.4, -0.2) is 9.97 Å². The minimum atomic E-state index is 0.720. The fourth-order valence-electron chi connectivity index (χ4n) is 9.21. The van der Waals surface area contributed by atoms with Gasteiger partial charge in [-0.05, 0) is 105 Å². The van der Waals surface area contributed by atoms with E-state index in [-0.39, 0.29) is 0 Å². The van der Waals surface area contributed by atoms with Gasteiger partial charge in [-0.25, -0.2) is 9.97 Å². The van der Waals surface area contributed by atoms with Gasteiger partial charge in [-0.1, -0.05) is 188 Å². The molecule has 1 aromatic heterocycles. The van der Waals surface area contributed by atoms with Crippen LogP contribution in [0.5, 0.6) is 0 Å². The average molecular weight is 735 g/mol. The Labute approximate surface area is 335 Å². The molecule has 0 unspecified atom stereocenters. The van der Waals surface area contributed by atoms with Crippen molar-refractivity contribution in [3.05, 3.63) is 206 Å². The van der Waals surface area contributed by atoms with Gasteiger partial charge in [0, 0.05) is 16.7 Å². The van der Waals surface area contributed by atoms with Crippen LogP contribution < -0.4 is 0 Å². The highest BCUT2D eigenvalue weighted by Gasteiger charge is 2.17. The Hall–Kier alpha value is -7.68. The predicted octanol–water partition coefficient (Wildman–Crippen LogP) is 15.2. The van der Waals surface area contributed by atoms with E-state index in [1.807, 2.05) is 36.4 Å². The number of hydrogen-bond acceptors (Lipinski definition) is 2. The summed E-state index contributed by atoms with van der Waals surface area (Å²) in [5.41, 5.74) is 9.67. The molecular formula is C56H34N2. The van der Waals surface area contributed by atoms with Crippen molar-refractivity contribution in [1.29, 1.82) is 0 Å². The number of benzene rings is 10. The van der Waals surface area contributed by atoms with E-state index in [2.05, 4.69) is 170 Å². The number of fused-ring (bicyclic) bond motifs is 2. The van der Waals surface area contributed by atoms with Crippen LogP contribution in [0.4, 0.5) is 0 Å². The molecule has 0 saturated heterocycles. The lowest BCUT2D eigenvalue weighted by molar-refractivity contribution is 1.18. The SMILES string of the molecule is c1ccc(-c2cc(-c3ccc(-c4ccc(-c5cc6ccc7cccc8c9cccc%10ccc%11cccc(c(c5)c6c78)c%11c%109)cc4)cc3)nc(-c3ccccc3)n2)cc1. The van der Waals surface area contributed by atoms with Gasteiger partial charge in [0.1, 0.15) is 0 Å². The van der Waals surface area contributed by atoms with E-state index in [0.717, 1.165) is 39.5 Å². The summed E-state index contributed by atoms with van der Waals surface area (Å²) in [6.07, 6.45) is 0. The zero-order valence-electron chi connectivity index (χ0n) is 31.5.